The van der Waals surface area contributed by atoms with Crippen molar-refractivity contribution in [2.45, 2.75) is 36.6 Å². The van der Waals surface area contributed by atoms with Crippen LogP contribution >= 0.6 is 0 Å². The number of anilines is 1. The monoisotopic (exact) mass is 324 g/mol. The van der Waals surface area contributed by atoms with Crippen LogP contribution in [0.5, 0.6) is 0 Å². The van der Waals surface area contributed by atoms with Crippen molar-refractivity contribution in [1.29, 1.82) is 0 Å². The smallest absolute Gasteiger partial charge is 0.143 e. The van der Waals surface area contributed by atoms with E-state index in [0.717, 1.165) is 5.56 Å². The minimum Gasteiger partial charge on any atom is -0.396 e. The van der Waals surface area contributed by atoms with Gasteiger partial charge in [0, 0.05) is 18.8 Å². The van der Waals surface area contributed by atoms with Crippen molar-refractivity contribution >= 4 is 16.6 Å². The van der Waals surface area contributed by atoms with Gasteiger partial charge in [-0.05, 0) is 25.0 Å². The summed E-state index contributed by atoms with van der Waals surface area (Å²) in [6, 6.07) is 1.19. The molecule has 22 heavy (non-hydrogen) atoms. The second-order valence-corrected chi connectivity index (χ2v) is 6.84. The molecule has 4 N–H and O–H groups in total. The number of rotatable bonds is 4. The number of hydrogen-bond donors (Lipinski definition) is 4. The fourth-order valence-electron chi connectivity index (χ4n) is 2.70. The quantitative estimate of drug-likeness (QED) is 0.563. The zero-order chi connectivity index (χ0) is 16.4. The molecule has 2 rings (SSSR count). The van der Waals surface area contributed by atoms with E-state index in [1.165, 1.54) is 6.26 Å². The van der Waals surface area contributed by atoms with Crippen LogP contribution in [0.2, 0.25) is 0 Å². The van der Waals surface area contributed by atoms with Gasteiger partial charge in [0.15, 0.2) is 0 Å². The molecule has 0 saturated heterocycles. The number of hydrogen-bond acceptors (Lipinski definition) is 6. The zero-order valence-electron chi connectivity index (χ0n) is 12.5. The number of aryl methyl sites for hydroxylation is 1. The molecule has 1 aromatic rings. The Morgan fingerprint density at radius 2 is 2.18 bits per heavy atom. The highest BCUT2D eigenvalue weighted by Gasteiger charge is 2.41. The van der Waals surface area contributed by atoms with Crippen LogP contribution in [0.4, 0.5) is 5.82 Å². The molecule has 7 heteroatoms. The van der Waals surface area contributed by atoms with Crippen LogP contribution in [0.3, 0.4) is 0 Å². The van der Waals surface area contributed by atoms with Gasteiger partial charge in [0.1, 0.15) is 16.9 Å². The summed E-state index contributed by atoms with van der Waals surface area (Å²) in [5.41, 5.74) is 1.29. The summed E-state index contributed by atoms with van der Waals surface area (Å²) in [7, 11) is -1.26. The first-order valence-corrected chi connectivity index (χ1v) is 8.50. The van der Waals surface area contributed by atoms with Gasteiger partial charge in [0.05, 0.1) is 28.5 Å². The normalized spacial score (nSPS) is 29.1. The highest BCUT2D eigenvalue weighted by molar-refractivity contribution is 7.84. The van der Waals surface area contributed by atoms with Crippen LogP contribution in [0.15, 0.2) is 11.1 Å². The Labute approximate surface area is 132 Å². The first kappa shape index (κ1) is 16.9. The van der Waals surface area contributed by atoms with Gasteiger partial charge in [-0.2, -0.15) is 0 Å². The molecule has 1 aliphatic carbocycles. The van der Waals surface area contributed by atoms with Crippen LogP contribution in [0.25, 0.3) is 0 Å². The maximum Gasteiger partial charge on any atom is 0.143 e. The highest BCUT2D eigenvalue weighted by Crippen LogP contribution is 2.30. The zero-order valence-corrected chi connectivity index (χ0v) is 13.3. The Morgan fingerprint density at radius 3 is 2.68 bits per heavy atom. The third kappa shape index (κ3) is 3.15. The minimum absolute atomic E-state index is 0.204. The van der Waals surface area contributed by atoms with E-state index in [-0.39, 0.29) is 6.61 Å². The number of nitrogens with zero attached hydrogens (tertiary/aromatic N) is 1. The largest absolute Gasteiger partial charge is 0.396 e. The van der Waals surface area contributed by atoms with E-state index in [1.807, 2.05) is 0 Å². The lowest BCUT2D eigenvalue weighted by atomic mass is 10.1. The fraction of sp³-hybridized carbons (Fsp3) is 0.533. The van der Waals surface area contributed by atoms with Gasteiger partial charge in [-0.15, -0.1) is 6.42 Å². The average molecular weight is 324 g/mol. The molecule has 1 aromatic heterocycles. The summed E-state index contributed by atoms with van der Waals surface area (Å²) in [5, 5.41) is 32.6. The van der Waals surface area contributed by atoms with Gasteiger partial charge >= 0.3 is 0 Å². The van der Waals surface area contributed by atoms with Crippen molar-refractivity contribution in [2.24, 2.45) is 5.92 Å². The summed E-state index contributed by atoms with van der Waals surface area (Å²) in [5.74, 6) is 2.50. The summed E-state index contributed by atoms with van der Waals surface area (Å²) >= 11 is 0. The number of aliphatic hydroxyl groups is 3. The second-order valence-electron chi connectivity index (χ2n) is 5.51. The lowest BCUT2D eigenvalue weighted by molar-refractivity contribution is 0.00445. The molecule has 1 fully saturated rings. The Kier molecular flexibility index (Phi) is 5.19. The summed E-state index contributed by atoms with van der Waals surface area (Å²) < 4.78 is 11.6. The van der Waals surface area contributed by atoms with E-state index in [1.54, 1.807) is 13.0 Å². The van der Waals surface area contributed by atoms with E-state index >= 15 is 0 Å². The molecule has 5 atom stereocenters. The van der Waals surface area contributed by atoms with E-state index in [4.69, 9.17) is 6.42 Å². The van der Waals surface area contributed by atoms with E-state index in [0.29, 0.717) is 22.8 Å². The molecule has 0 amide bonds. The predicted octanol–water partition coefficient (Wildman–Crippen LogP) is -0.377. The Morgan fingerprint density at radius 1 is 1.50 bits per heavy atom. The number of aromatic nitrogens is 1. The molecule has 1 aliphatic rings. The van der Waals surface area contributed by atoms with Gasteiger partial charge in [-0.25, -0.2) is 4.98 Å². The third-order valence-electron chi connectivity index (χ3n) is 3.99. The van der Waals surface area contributed by atoms with Crippen molar-refractivity contribution in [3.8, 4) is 12.3 Å². The molecular formula is C15H20N2O4S. The van der Waals surface area contributed by atoms with Gasteiger partial charge < -0.3 is 20.6 Å². The van der Waals surface area contributed by atoms with Crippen LogP contribution in [0, 0.1) is 25.2 Å². The van der Waals surface area contributed by atoms with E-state index < -0.39 is 35.0 Å². The minimum atomic E-state index is -1.26. The molecule has 0 spiro atoms. The number of pyridine rings is 1. The lowest BCUT2D eigenvalue weighted by Gasteiger charge is -2.20. The van der Waals surface area contributed by atoms with Gasteiger partial charge in [-0.1, -0.05) is 5.92 Å². The fourth-order valence-corrected chi connectivity index (χ4v) is 3.26. The Bertz CT molecular complexity index is 629. The molecule has 6 nitrogen and oxygen atoms in total. The third-order valence-corrected chi connectivity index (χ3v) is 4.79. The van der Waals surface area contributed by atoms with E-state index in [9.17, 15) is 19.5 Å². The number of aliphatic hydroxyl groups excluding tert-OH is 3. The summed E-state index contributed by atoms with van der Waals surface area (Å²) in [6.07, 6.45) is 5.40. The topological polar surface area (TPSA) is 103 Å². The molecule has 3 unspecified atom stereocenters. The van der Waals surface area contributed by atoms with Gasteiger partial charge in [0.2, 0.25) is 0 Å². The van der Waals surface area contributed by atoms with Crippen molar-refractivity contribution < 1.29 is 19.5 Å². The second kappa shape index (κ2) is 6.75. The van der Waals surface area contributed by atoms with Crippen molar-refractivity contribution in [2.75, 3.05) is 18.2 Å². The van der Waals surface area contributed by atoms with Gasteiger partial charge in [0.25, 0.3) is 0 Å². The maximum atomic E-state index is 11.6. The standard InChI is InChI=1S/C15H20N2O4S/c1-4-10-8(2)5-12(22(3)21)17-15(10)16-11-6-9(7-18)13(19)14(11)20/h1,5,9,11,13-14,18-20H,6-7H2,2-3H3,(H,16,17)/t9?,11?,13-,14+,22?/m1/s1. The summed E-state index contributed by atoms with van der Waals surface area (Å²) in [6.45, 7) is 1.60. The molecule has 0 radical (unpaired) electrons. The highest BCUT2D eigenvalue weighted by atomic mass is 32.2. The molecular weight excluding hydrogens is 304 g/mol. The van der Waals surface area contributed by atoms with Crippen molar-refractivity contribution in [1.82, 2.24) is 4.98 Å². The van der Waals surface area contributed by atoms with Crippen LogP contribution in [-0.4, -0.2) is 55.6 Å². The first-order chi connectivity index (χ1) is 10.4. The van der Waals surface area contributed by atoms with Crippen LogP contribution in [-0.2, 0) is 10.8 Å². The van der Waals surface area contributed by atoms with Crippen molar-refractivity contribution in [3.05, 3.63) is 17.2 Å². The van der Waals surface area contributed by atoms with Crippen LogP contribution in [0.1, 0.15) is 17.5 Å². The van der Waals surface area contributed by atoms with Crippen LogP contribution < -0.4 is 5.32 Å². The SMILES string of the molecule is C#Cc1c(C)cc(S(C)=O)nc1NC1CC(CO)[C@@H](O)[C@H]1O. The average Bonchev–Trinajstić information content (AvgIpc) is 2.74. The molecule has 1 heterocycles. The molecule has 1 saturated carbocycles. The van der Waals surface area contributed by atoms with E-state index in [2.05, 4.69) is 16.2 Å². The summed E-state index contributed by atoms with van der Waals surface area (Å²) in [4.78, 5) is 4.27. The molecule has 120 valence electrons. The number of nitrogens with one attached hydrogen (secondary N) is 1. The molecule has 0 aliphatic heterocycles. The lowest BCUT2D eigenvalue weighted by Crippen LogP contribution is -2.35. The maximum absolute atomic E-state index is 11.6. The predicted molar refractivity (Wildman–Crippen MR) is 83.9 cm³/mol. The van der Waals surface area contributed by atoms with Gasteiger partial charge in [-0.3, -0.25) is 4.21 Å². The number of terminal acetylenes is 1. The Balaban J connectivity index is 2.33. The first-order valence-electron chi connectivity index (χ1n) is 6.94. The van der Waals surface area contributed by atoms with Crippen molar-refractivity contribution in [3.63, 3.8) is 0 Å². The molecule has 0 aromatic carbocycles. The molecule has 0 bridgehead atoms. The Hall–Kier alpha value is -1.46.